The molecule has 1 N–H and O–H groups in total. The summed E-state index contributed by atoms with van der Waals surface area (Å²) in [6.07, 6.45) is 3.35. The van der Waals surface area contributed by atoms with Gasteiger partial charge in [-0.15, -0.1) is 0 Å². The zero-order valence-corrected chi connectivity index (χ0v) is 15.1. The summed E-state index contributed by atoms with van der Waals surface area (Å²) in [6.45, 7) is 3.40. The Balaban J connectivity index is 1.28. The molecule has 2 saturated heterocycles. The van der Waals surface area contributed by atoms with Crippen molar-refractivity contribution in [3.8, 4) is 0 Å². The van der Waals surface area contributed by atoms with Crippen molar-refractivity contribution in [2.24, 2.45) is 5.92 Å². The maximum absolute atomic E-state index is 13.8. The number of nitrogens with zero attached hydrogens (tertiary/aromatic N) is 1. The number of benzene rings is 1. The standard InChI is InChI=1S/C18H25FN2O3S/c19-17-4-2-1-3-14(17)11-21-12-18(13-21)15(8-10-24-18)7-9-20-25(22,23)16-5-6-16/h1-4,15-16,20H,5-13H2/t15-/m0/s1. The monoisotopic (exact) mass is 368 g/mol. The van der Waals surface area contributed by atoms with Gasteiger partial charge >= 0.3 is 0 Å². The molecule has 1 aliphatic carbocycles. The molecule has 2 heterocycles. The molecule has 3 fully saturated rings. The van der Waals surface area contributed by atoms with Crippen molar-refractivity contribution in [2.75, 3.05) is 26.2 Å². The van der Waals surface area contributed by atoms with Gasteiger partial charge < -0.3 is 4.74 Å². The third-order valence-electron chi connectivity index (χ3n) is 5.69. The molecule has 3 aliphatic rings. The minimum absolute atomic E-state index is 0.165. The molecule has 1 saturated carbocycles. The topological polar surface area (TPSA) is 58.6 Å². The van der Waals surface area contributed by atoms with E-state index < -0.39 is 10.0 Å². The quantitative estimate of drug-likeness (QED) is 0.799. The molecule has 0 unspecified atom stereocenters. The minimum atomic E-state index is -3.10. The fourth-order valence-corrected chi connectivity index (χ4v) is 5.50. The zero-order valence-electron chi connectivity index (χ0n) is 14.3. The summed E-state index contributed by atoms with van der Waals surface area (Å²) in [5.41, 5.74) is 0.542. The van der Waals surface area contributed by atoms with E-state index in [0.29, 0.717) is 24.6 Å². The van der Waals surface area contributed by atoms with Gasteiger partial charge in [0.05, 0.1) is 10.9 Å². The third-order valence-corrected chi connectivity index (χ3v) is 7.65. The second-order valence-corrected chi connectivity index (χ2v) is 9.61. The van der Waals surface area contributed by atoms with E-state index in [9.17, 15) is 12.8 Å². The van der Waals surface area contributed by atoms with Crippen LogP contribution in [0.15, 0.2) is 24.3 Å². The van der Waals surface area contributed by atoms with Gasteiger partial charge in [0, 0.05) is 38.3 Å². The predicted octanol–water partition coefficient (Wildman–Crippen LogP) is 1.89. The first kappa shape index (κ1) is 17.4. The smallest absolute Gasteiger partial charge is 0.214 e. The third kappa shape index (κ3) is 3.60. The number of ether oxygens (including phenoxy) is 1. The highest BCUT2D eigenvalue weighted by atomic mass is 32.2. The van der Waals surface area contributed by atoms with E-state index in [0.717, 1.165) is 45.4 Å². The van der Waals surface area contributed by atoms with E-state index in [2.05, 4.69) is 9.62 Å². The average Bonchev–Trinajstić information content (AvgIpc) is 3.32. The van der Waals surface area contributed by atoms with Crippen molar-refractivity contribution in [3.05, 3.63) is 35.6 Å². The van der Waals surface area contributed by atoms with Gasteiger partial charge in [-0.1, -0.05) is 18.2 Å². The molecule has 0 aromatic heterocycles. The Morgan fingerprint density at radius 2 is 2.00 bits per heavy atom. The Morgan fingerprint density at radius 1 is 1.24 bits per heavy atom. The molecule has 1 spiro atoms. The van der Waals surface area contributed by atoms with Crippen LogP contribution in [-0.4, -0.2) is 50.4 Å². The summed E-state index contributed by atoms with van der Waals surface area (Å²) in [7, 11) is -3.10. The van der Waals surface area contributed by atoms with Gasteiger partial charge in [-0.25, -0.2) is 17.5 Å². The van der Waals surface area contributed by atoms with E-state index in [1.807, 2.05) is 12.1 Å². The molecule has 0 radical (unpaired) electrons. The van der Waals surface area contributed by atoms with Crippen LogP contribution in [0.1, 0.15) is 31.2 Å². The number of hydrogen-bond donors (Lipinski definition) is 1. The summed E-state index contributed by atoms with van der Waals surface area (Å²) < 4.78 is 46.4. The van der Waals surface area contributed by atoms with Gasteiger partial charge in [-0.05, 0) is 37.7 Å². The molecule has 1 aromatic rings. The number of sulfonamides is 1. The highest BCUT2D eigenvalue weighted by molar-refractivity contribution is 7.90. The number of likely N-dealkylation sites (tertiary alicyclic amines) is 1. The second kappa shape index (κ2) is 6.61. The molecule has 1 aromatic carbocycles. The van der Waals surface area contributed by atoms with Crippen molar-refractivity contribution in [3.63, 3.8) is 0 Å². The molecule has 138 valence electrons. The van der Waals surface area contributed by atoms with Crippen LogP contribution >= 0.6 is 0 Å². The van der Waals surface area contributed by atoms with Crippen LogP contribution in [0.5, 0.6) is 0 Å². The molecule has 5 nitrogen and oxygen atoms in total. The maximum atomic E-state index is 13.8. The Labute approximate surface area is 148 Å². The first-order valence-electron chi connectivity index (χ1n) is 9.07. The van der Waals surface area contributed by atoms with Crippen LogP contribution in [0.2, 0.25) is 0 Å². The van der Waals surface area contributed by atoms with E-state index in [4.69, 9.17) is 4.74 Å². The van der Waals surface area contributed by atoms with E-state index in [-0.39, 0.29) is 16.7 Å². The van der Waals surface area contributed by atoms with Gasteiger partial charge in [0.25, 0.3) is 0 Å². The SMILES string of the molecule is O=S(=O)(NCC[C@H]1CCOC12CN(Cc1ccccc1F)C2)C1CC1. The van der Waals surface area contributed by atoms with Crippen LogP contribution < -0.4 is 4.72 Å². The van der Waals surface area contributed by atoms with E-state index in [1.165, 1.54) is 6.07 Å². The second-order valence-electron chi connectivity index (χ2n) is 7.56. The number of rotatable bonds is 7. The van der Waals surface area contributed by atoms with Gasteiger partial charge in [-0.3, -0.25) is 4.90 Å². The predicted molar refractivity (Wildman–Crippen MR) is 93.0 cm³/mol. The number of halogens is 1. The summed E-state index contributed by atoms with van der Waals surface area (Å²) in [5, 5.41) is -0.166. The molecule has 4 rings (SSSR count). The van der Waals surface area contributed by atoms with Crippen LogP contribution in [0.3, 0.4) is 0 Å². The fourth-order valence-electron chi connectivity index (χ4n) is 4.10. The van der Waals surface area contributed by atoms with Gasteiger partial charge in [-0.2, -0.15) is 0 Å². The van der Waals surface area contributed by atoms with Crippen molar-refractivity contribution in [1.29, 1.82) is 0 Å². The molecule has 1 atom stereocenters. The highest BCUT2D eigenvalue weighted by Gasteiger charge is 2.52. The van der Waals surface area contributed by atoms with Gasteiger partial charge in [0.1, 0.15) is 5.82 Å². The Kier molecular flexibility index (Phi) is 4.60. The molecular weight excluding hydrogens is 343 g/mol. The average molecular weight is 368 g/mol. The van der Waals surface area contributed by atoms with Gasteiger partial charge in [0.2, 0.25) is 10.0 Å². The highest BCUT2D eigenvalue weighted by Crippen LogP contribution is 2.42. The molecule has 25 heavy (non-hydrogen) atoms. The number of hydrogen-bond acceptors (Lipinski definition) is 4. The Morgan fingerprint density at radius 3 is 2.72 bits per heavy atom. The Bertz CT molecular complexity index is 730. The van der Waals surface area contributed by atoms with Crippen molar-refractivity contribution in [2.45, 2.75) is 43.1 Å². The number of nitrogens with one attached hydrogen (secondary N) is 1. The Hall–Kier alpha value is -1.02. The largest absolute Gasteiger partial charge is 0.372 e. The van der Waals surface area contributed by atoms with E-state index in [1.54, 1.807) is 6.07 Å². The summed E-state index contributed by atoms with van der Waals surface area (Å²) in [6, 6.07) is 6.87. The molecular formula is C18H25FN2O3S. The van der Waals surface area contributed by atoms with Crippen molar-refractivity contribution in [1.82, 2.24) is 9.62 Å². The van der Waals surface area contributed by atoms with Crippen LogP contribution in [0, 0.1) is 11.7 Å². The molecule has 0 bridgehead atoms. The first-order chi connectivity index (χ1) is 12.0. The lowest BCUT2D eigenvalue weighted by molar-refractivity contribution is -0.136. The summed E-state index contributed by atoms with van der Waals surface area (Å²) in [4.78, 5) is 2.20. The fraction of sp³-hybridized carbons (Fsp3) is 0.667. The molecule has 0 amide bonds. The van der Waals surface area contributed by atoms with Crippen LogP contribution in [-0.2, 0) is 21.3 Å². The zero-order chi connectivity index (χ0) is 17.5. The molecule has 2 aliphatic heterocycles. The lowest BCUT2D eigenvalue weighted by Gasteiger charge is -2.50. The maximum Gasteiger partial charge on any atom is 0.214 e. The van der Waals surface area contributed by atoms with Crippen LogP contribution in [0.25, 0.3) is 0 Å². The summed E-state index contributed by atoms with van der Waals surface area (Å²) in [5.74, 6) is 0.202. The van der Waals surface area contributed by atoms with Crippen LogP contribution in [0.4, 0.5) is 4.39 Å². The van der Waals surface area contributed by atoms with Gasteiger partial charge in [0.15, 0.2) is 0 Å². The van der Waals surface area contributed by atoms with Crippen molar-refractivity contribution < 1.29 is 17.5 Å². The lowest BCUT2D eigenvalue weighted by Crippen LogP contribution is -2.64. The normalized spacial score (nSPS) is 26.0. The minimum Gasteiger partial charge on any atom is -0.372 e. The lowest BCUT2D eigenvalue weighted by atomic mass is 9.79. The summed E-state index contributed by atoms with van der Waals surface area (Å²) >= 11 is 0. The molecule has 7 heteroatoms. The van der Waals surface area contributed by atoms with E-state index >= 15 is 0 Å². The first-order valence-corrected chi connectivity index (χ1v) is 10.6. The van der Waals surface area contributed by atoms with Crippen molar-refractivity contribution >= 4 is 10.0 Å².